The minimum Gasteiger partial charge on any atom is -0.495 e. The van der Waals surface area contributed by atoms with Crippen molar-refractivity contribution in [2.75, 3.05) is 17.7 Å². The number of rotatable bonds is 9. The van der Waals surface area contributed by atoms with Crippen LogP contribution in [0.2, 0.25) is 0 Å². The summed E-state index contributed by atoms with van der Waals surface area (Å²) in [6.07, 6.45) is 3.27. The molecule has 6 heteroatoms. The van der Waals surface area contributed by atoms with E-state index < -0.39 is 5.25 Å². The molecule has 0 saturated carbocycles. The van der Waals surface area contributed by atoms with Crippen molar-refractivity contribution in [2.24, 2.45) is 0 Å². The zero-order valence-electron chi connectivity index (χ0n) is 19.8. The minimum atomic E-state index is -0.514. The van der Waals surface area contributed by atoms with Crippen LogP contribution in [0.5, 0.6) is 5.75 Å². The maximum atomic E-state index is 13.4. The minimum absolute atomic E-state index is 0.170. The Morgan fingerprint density at radius 2 is 1.50 bits per heavy atom. The molecule has 0 saturated heterocycles. The summed E-state index contributed by atoms with van der Waals surface area (Å²) in [7, 11) is 1.57. The molecule has 0 bridgehead atoms. The summed E-state index contributed by atoms with van der Waals surface area (Å²) in [6.45, 7) is 0. The van der Waals surface area contributed by atoms with Gasteiger partial charge in [-0.2, -0.15) is 0 Å². The zero-order valence-corrected chi connectivity index (χ0v) is 20.6. The van der Waals surface area contributed by atoms with Gasteiger partial charge in [-0.1, -0.05) is 78.9 Å². The van der Waals surface area contributed by atoms with Crippen molar-refractivity contribution < 1.29 is 14.3 Å². The van der Waals surface area contributed by atoms with E-state index in [9.17, 15) is 9.59 Å². The van der Waals surface area contributed by atoms with Crippen LogP contribution in [-0.4, -0.2) is 18.9 Å². The molecule has 1 atom stereocenters. The normalized spacial score (nSPS) is 11.6. The maximum Gasteiger partial charge on any atom is 0.248 e. The molecule has 5 nitrogen and oxygen atoms in total. The molecular weight excluding hydrogens is 468 g/mol. The quantitative estimate of drug-likeness (QED) is 0.198. The number of hydrogen-bond acceptors (Lipinski definition) is 4. The van der Waals surface area contributed by atoms with E-state index in [1.54, 1.807) is 19.3 Å². The van der Waals surface area contributed by atoms with Crippen molar-refractivity contribution in [3.05, 3.63) is 126 Å². The Labute approximate surface area is 215 Å². The number of para-hydroxylation sites is 2. The first-order chi connectivity index (χ1) is 17.6. The molecule has 0 aliphatic rings. The van der Waals surface area contributed by atoms with Crippen LogP contribution < -0.4 is 15.4 Å². The predicted molar refractivity (Wildman–Crippen MR) is 147 cm³/mol. The fraction of sp³-hybridized carbons (Fsp3) is 0.0667. The largest absolute Gasteiger partial charge is 0.495 e. The van der Waals surface area contributed by atoms with Crippen LogP contribution >= 0.6 is 11.8 Å². The van der Waals surface area contributed by atoms with Crippen molar-refractivity contribution >= 4 is 41.0 Å². The Hall–Kier alpha value is -4.29. The monoisotopic (exact) mass is 494 g/mol. The summed E-state index contributed by atoms with van der Waals surface area (Å²) in [5.41, 5.74) is 3.08. The van der Waals surface area contributed by atoms with E-state index in [0.717, 1.165) is 16.0 Å². The number of carbonyl (C=O) groups is 2. The first kappa shape index (κ1) is 24.8. The molecule has 4 rings (SSSR count). The summed E-state index contributed by atoms with van der Waals surface area (Å²) in [5.74, 6) is 0.196. The van der Waals surface area contributed by atoms with Gasteiger partial charge < -0.3 is 15.4 Å². The molecule has 0 aliphatic heterocycles. The van der Waals surface area contributed by atoms with Crippen LogP contribution in [-0.2, 0) is 9.59 Å². The van der Waals surface area contributed by atoms with Gasteiger partial charge in [-0.25, -0.2) is 0 Å². The Kier molecular flexibility index (Phi) is 8.57. The Morgan fingerprint density at radius 1 is 0.806 bits per heavy atom. The Bertz CT molecular complexity index is 1340. The first-order valence-electron chi connectivity index (χ1n) is 11.4. The van der Waals surface area contributed by atoms with Gasteiger partial charge >= 0.3 is 0 Å². The first-order valence-corrected chi connectivity index (χ1v) is 12.3. The molecular formula is C30H26N2O3S. The van der Waals surface area contributed by atoms with E-state index in [1.807, 2.05) is 103 Å². The molecule has 0 spiro atoms. The van der Waals surface area contributed by atoms with E-state index in [1.165, 1.54) is 17.8 Å². The average molecular weight is 495 g/mol. The summed E-state index contributed by atoms with van der Waals surface area (Å²) < 4.78 is 5.38. The topological polar surface area (TPSA) is 67.4 Å². The van der Waals surface area contributed by atoms with Gasteiger partial charge in [0.05, 0.1) is 12.8 Å². The van der Waals surface area contributed by atoms with Crippen molar-refractivity contribution in [3.8, 4) is 5.75 Å². The lowest BCUT2D eigenvalue weighted by Crippen LogP contribution is -2.19. The van der Waals surface area contributed by atoms with E-state index >= 15 is 0 Å². The van der Waals surface area contributed by atoms with Gasteiger partial charge in [-0.05, 0) is 47.5 Å². The number of hydrogen-bond donors (Lipinski definition) is 2. The molecule has 0 fully saturated rings. The van der Waals surface area contributed by atoms with E-state index in [-0.39, 0.29) is 11.8 Å². The van der Waals surface area contributed by atoms with Crippen molar-refractivity contribution in [2.45, 2.75) is 10.1 Å². The highest BCUT2D eigenvalue weighted by Gasteiger charge is 2.23. The number of methoxy groups -OCH3 is 1. The van der Waals surface area contributed by atoms with Crippen LogP contribution in [0.25, 0.3) is 6.08 Å². The molecule has 0 aliphatic carbocycles. The summed E-state index contributed by atoms with van der Waals surface area (Å²) in [4.78, 5) is 26.7. The number of amides is 2. The SMILES string of the molecule is COc1ccccc1NC(=O)C(Sc1cccc(NC(=O)/C=C/c2ccccc2)c1)c1ccccc1. The third kappa shape index (κ3) is 6.87. The molecule has 2 N–H and O–H groups in total. The highest BCUT2D eigenvalue weighted by molar-refractivity contribution is 8.00. The molecule has 0 radical (unpaired) electrons. The molecule has 0 heterocycles. The standard InChI is InChI=1S/C30H26N2O3S/c1-35-27-18-9-8-17-26(27)32-30(34)29(23-13-6-3-7-14-23)36-25-16-10-15-24(21-25)31-28(33)20-19-22-11-4-2-5-12-22/h2-21,29H,1H3,(H,31,33)(H,32,34)/b20-19+. The van der Waals surface area contributed by atoms with Gasteiger partial charge in [0.15, 0.2) is 0 Å². The molecule has 1 unspecified atom stereocenters. The molecule has 180 valence electrons. The summed E-state index contributed by atoms with van der Waals surface area (Å²) in [5, 5.41) is 5.38. The Balaban J connectivity index is 1.50. The molecule has 4 aromatic carbocycles. The van der Waals surface area contributed by atoms with E-state index in [0.29, 0.717) is 17.1 Å². The second kappa shape index (κ2) is 12.4. The zero-order chi connectivity index (χ0) is 25.2. The smallest absolute Gasteiger partial charge is 0.248 e. The molecule has 4 aromatic rings. The van der Waals surface area contributed by atoms with Crippen LogP contribution in [0.15, 0.2) is 120 Å². The van der Waals surface area contributed by atoms with Crippen molar-refractivity contribution in [1.29, 1.82) is 0 Å². The fourth-order valence-corrected chi connectivity index (χ4v) is 4.63. The number of carbonyl (C=O) groups excluding carboxylic acids is 2. The summed E-state index contributed by atoms with van der Waals surface area (Å²) >= 11 is 1.41. The number of thioether (sulfide) groups is 1. The summed E-state index contributed by atoms with van der Waals surface area (Å²) in [6, 6.07) is 34.0. The second-order valence-corrected chi connectivity index (χ2v) is 9.04. The van der Waals surface area contributed by atoms with Crippen LogP contribution in [0.3, 0.4) is 0 Å². The van der Waals surface area contributed by atoms with E-state index in [2.05, 4.69) is 10.6 Å². The molecule has 0 aromatic heterocycles. The Morgan fingerprint density at radius 3 is 2.25 bits per heavy atom. The highest BCUT2D eigenvalue weighted by atomic mass is 32.2. The van der Waals surface area contributed by atoms with Gasteiger partial charge in [0, 0.05) is 16.7 Å². The second-order valence-electron chi connectivity index (χ2n) is 7.86. The van der Waals surface area contributed by atoms with Gasteiger partial charge in [-0.15, -0.1) is 11.8 Å². The van der Waals surface area contributed by atoms with Crippen LogP contribution in [0.4, 0.5) is 11.4 Å². The van der Waals surface area contributed by atoms with Gasteiger partial charge in [-0.3, -0.25) is 9.59 Å². The lowest BCUT2D eigenvalue weighted by atomic mass is 10.1. The third-order valence-electron chi connectivity index (χ3n) is 5.29. The van der Waals surface area contributed by atoms with E-state index in [4.69, 9.17) is 4.74 Å². The average Bonchev–Trinajstić information content (AvgIpc) is 2.92. The number of nitrogens with one attached hydrogen (secondary N) is 2. The number of anilines is 2. The fourth-order valence-electron chi connectivity index (χ4n) is 3.55. The van der Waals surface area contributed by atoms with Crippen molar-refractivity contribution in [3.63, 3.8) is 0 Å². The van der Waals surface area contributed by atoms with Crippen LogP contribution in [0, 0.1) is 0 Å². The molecule has 36 heavy (non-hydrogen) atoms. The molecule has 2 amide bonds. The van der Waals surface area contributed by atoms with Gasteiger partial charge in [0.1, 0.15) is 11.0 Å². The number of benzene rings is 4. The maximum absolute atomic E-state index is 13.4. The highest BCUT2D eigenvalue weighted by Crippen LogP contribution is 2.38. The van der Waals surface area contributed by atoms with Gasteiger partial charge in [0.2, 0.25) is 11.8 Å². The lowest BCUT2D eigenvalue weighted by Gasteiger charge is -2.18. The lowest BCUT2D eigenvalue weighted by molar-refractivity contribution is -0.116. The number of ether oxygens (including phenoxy) is 1. The van der Waals surface area contributed by atoms with Crippen LogP contribution in [0.1, 0.15) is 16.4 Å². The predicted octanol–water partition coefficient (Wildman–Crippen LogP) is 6.82. The third-order valence-corrected chi connectivity index (χ3v) is 6.54. The van der Waals surface area contributed by atoms with Crippen molar-refractivity contribution in [1.82, 2.24) is 0 Å². The van der Waals surface area contributed by atoms with Gasteiger partial charge in [0.25, 0.3) is 0 Å².